The zero-order chi connectivity index (χ0) is 36.7. The second-order valence-corrected chi connectivity index (χ2v) is 16.1. The lowest BCUT2D eigenvalue weighted by molar-refractivity contribution is -0.161. The van der Waals surface area contributed by atoms with Crippen LogP contribution in [-0.2, 0) is 32.9 Å². The summed E-state index contributed by atoms with van der Waals surface area (Å²) in [5.41, 5.74) is 0. The summed E-state index contributed by atoms with van der Waals surface area (Å²) in [5, 5.41) is 0. The summed E-state index contributed by atoms with van der Waals surface area (Å²) in [7, 11) is -4.76. The summed E-state index contributed by atoms with van der Waals surface area (Å²) in [6.07, 6.45) is 33.9. The number of epoxide rings is 1. The molecule has 9 nitrogen and oxygen atoms in total. The number of esters is 2. The zero-order valence-corrected chi connectivity index (χ0v) is 33.1. The highest BCUT2D eigenvalue weighted by Crippen LogP contribution is 2.36. The first kappa shape index (κ1) is 46.8. The number of allylic oxidation sites excluding steroid dienone is 1. The van der Waals surface area contributed by atoms with Gasteiger partial charge in [-0.05, 0) is 44.4 Å². The van der Waals surface area contributed by atoms with E-state index in [9.17, 15) is 14.2 Å². The number of carbonyl (C=O) groups excluding carboxylic acids is 2. The van der Waals surface area contributed by atoms with Gasteiger partial charge in [0.05, 0.1) is 18.8 Å². The van der Waals surface area contributed by atoms with Crippen molar-refractivity contribution in [3.05, 3.63) is 12.2 Å². The summed E-state index contributed by atoms with van der Waals surface area (Å²) in [6, 6.07) is 0. The van der Waals surface area contributed by atoms with Gasteiger partial charge in [0.25, 0.3) is 0 Å². The predicted octanol–water partition coefficient (Wildman–Crippen LogP) is 11.1. The highest BCUT2D eigenvalue weighted by molar-refractivity contribution is 7.46. The molecule has 0 aromatic rings. The van der Waals surface area contributed by atoms with Crippen molar-refractivity contribution in [3.63, 3.8) is 0 Å². The van der Waals surface area contributed by atoms with Gasteiger partial charge >= 0.3 is 19.8 Å². The van der Waals surface area contributed by atoms with Crippen LogP contribution in [0.3, 0.4) is 0 Å². The molecule has 0 amide bonds. The van der Waals surface area contributed by atoms with Gasteiger partial charge in [0.2, 0.25) is 0 Å². The van der Waals surface area contributed by atoms with E-state index in [-0.39, 0.29) is 19.4 Å². The molecule has 1 rings (SSSR count). The SMILES string of the molecule is CCCCCC1OC1C/C=C\CCCCCCCC(=O)O[C@H](COC(=O)CCCCCCCCCCCCCCCC(C)C)COP(=O)(O)O. The Kier molecular flexibility index (Phi) is 29.3. The highest BCUT2D eigenvalue weighted by Gasteiger charge is 2.36. The molecule has 1 saturated heterocycles. The molecule has 0 saturated carbocycles. The van der Waals surface area contributed by atoms with Crippen LogP contribution in [0, 0.1) is 5.92 Å². The Bertz CT molecular complexity index is 903. The van der Waals surface area contributed by atoms with Crippen LogP contribution in [-0.4, -0.2) is 53.3 Å². The molecule has 0 bridgehead atoms. The van der Waals surface area contributed by atoms with Crippen LogP contribution < -0.4 is 0 Å². The fourth-order valence-electron chi connectivity index (χ4n) is 6.21. The van der Waals surface area contributed by atoms with Gasteiger partial charge in [0.1, 0.15) is 6.61 Å². The number of unbranched alkanes of at least 4 members (excludes halogenated alkanes) is 19. The number of hydrogen-bond acceptors (Lipinski definition) is 7. The molecular weight excluding hydrogens is 655 g/mol. The molecule has 1 fully saturated rings. The minimum Gasteiger partial charge on any atom is -0.462 e. The summed E-state index contributed by atoms with van der Waals surface area (Å²) >= 11 is 0. The summed E-state index contributed by atoms with van der Waals surface area (Å²) in [5.74, 6) is -0.0742. The number of carbonyl (C=O) groups is 2. The molecule has 2 unspecified atom stereocenters. The average Bonchev–Trinajstić information content (AvgIpc) is 3.82. The maximum atomic E-state index is 12.4. The van der Waals surface area contributed by atoms with Crippen LogP contribution in [0.15, 0.2) is 12.2 Å². The molecule has 294 valence electrons. The Labute approximate surface area is 305 Å². The van der Waals surface area contributed by atoms with Crippen LogP contribution in [0.2, 0.25) is 0 Å². The third-order valence-electron chi connectivity index (χ3n) is 9.39. The second-order valence-electron chi connectivity index (χ2n) is 14.8. The first-order valence-electron chi connectivity index (χ1n) is 20.5. The average molecular weight is 731 g/mol. The molecule has 0 aromatic carbocycles. The number of hydrogen-bond donors (Lipinski definition) is 2. The fourth-order valence-corrected chi connectivity index (χ4v) is 6.57. The third-order valence-corrected chi connectivity index (χ3v) is 9.87. The molecule has 0 spiro atoms. The van der Waals surface area contributed by atoms with Gasteiger partial charge in [-0.1, -0.05) is 155 Å². The van der Waals surface area contributed by atoms with E-state index in [0.29, 0.717) is 18.6 Å². The van der Waals surface area contributed by atoms with E-state index in [1.807, 2.05) is 0 Å². The van der Waals surface area contributed by atoms with E-state index in [1.54, 1.807) is 0 Å². The lowest BCUT2D eigenvalue weighted by Gasteiger charge is -2.18. The van der Waals surface area contributed by atoms with Crippen molar-refractivity contribution >= 4 is 19.8 Å². The zero-order valence-electron chi connectivity index (χ0n) is 32.2. The van der Waals surface area contributed by atoms with Crippen molar-refractivity contribution < 1.29 is 42.7 Å². The molecule has 50 heavy (non-hydrogen) atoms. The maximum absolute atomic E-state index is 12.4. The summed E-state index contributed by atoms with van der Waals surface area (Å²) in [6.45, 7) is 5.98. The molecule has 1 heterocycles. The summed E-state index contributed by atoms with van der Waals surface area (Å²) in [4.78, 5) is 42.8. The van der Waals surface area contributed by atoms with E-state index in [2.05, 4.69) is 37.4 Å². The Morgan fingerprint density at radius 1 is 0.680 bits per heavy atom. The number of rotatable bonds is 36. The van der Waals surface area contributed by atoms with Crippen LogP contribution in [0.25, 0.3) is 0 Å². The van der Waals surface area contributed by atoms with Gasteiger partial charge in [0, 0.05) is 12.8 Å². The van der Waals surface area contributed by atoms with Crippen LogP contribution >= 0.6 is 7.82 Å². The monoisotopic (exact) mass is 731 g/mol. The van der Waals surface area contributed by atoms with E-state index >= 15 is 0 Å². The maximum Gasteiger partial charge on any atom is 0.469 e. The first-order valence-corrected chi connectivity index (χ1v) is 22.0. The predicted molar refractivity (Wildman–Crippen MR) is 202 cm³/mol. The van der Waals surface area contributed by atoms with Crippen LogP contribution in [0.5, 0.6) is 0 Å². The second kappa shape index (κ2) is 31.3. The van der Waals surface area contributed by atoms with E-state index in [0.717, 1.165) is 63.7 Å². The van der Waals surface area contributed by atoms with Gasteiger partial charge in [-0.2, -0.15) is 0 Å². The van der Waals surface area contributed by atoms with E-state index in [1.165, 1.54) is 96.3 Å². The van der Waals surface area contributed by atoms with Crippen molar-refractivity contribution in [1.29, 1.82) is 0 Å². The van der Waals surface area contributed by atoms with Crippen LogP contribution in [0.1, 0.15) is 194 Å². The molecule has 0 aromatic heterocycles. The molecule has 10 heteroatoms. The van der Waals surface area contributed by atoms with Gasteiger partial charge < -0.3 is 24.0 Å². The topological polar surface area (TPSA) is 132 Å². The van der Waals surface area contributed by atoms with Crippen molar-refractivity contribution in [1.82, 2.24) is 0 Å². The smallest absolute Gasteiger partial charge is 0.462 e. The standard InChI is InChI=1S/C40H75O9P/c1-4-5-23-29-37-38(49-37)30-25-20-16-13-14-18-22-27-32-40(42)48-36(34-47-50(43,44)45)33-46-39(41)31-26-21-17-12-10-8-6-7-9-11-15-19-24-28-35(2)3/h20,25,35-38H,4-19,21-24,26-34H2,1-3H3,(H2,43,44,45)/b25-20-/t36-,37?,38?/m1/s1. The van der Waals surface area contributed by atoms with E-state index < -0.39 is 32.5 Å². The Morgan fingerprint density at radius 2 is 1.22 bits per heavy atom. The lowest BCUT2D eigenvalue weighted by atomic mass is 10.0. The molecule has 3 atom stereocenters. The molecule has 2 N–H and O–H groups in total. The number of ether oxygens (including phenoxy) is 3. The van der Waals surface area contributed by atoms with Crippen molar-refractivity contribution in [2.24, 2.45) is 5.92 Å². The molecule has 0 radical (unpaired) electrons. The number of phosphoric acid groups is 1. The van der Waals surface area contributed by atoms with Crippen LogP contribution in [0.4, 0.5) is 0 Å². The largest absolute Gasteiger partial charge is 0.469 e. The lowest BCUT2D eigenvalue weighted by Crippen LogP contribution is -2.29. The van der Waals surface area contributed by atoms with E-state index in [4.69, 9.17) is 24.0 Å². The van der Waals surface area contributed by atoms with Gasteiger partial charge in [-0.3, -0.25) is 14.1 Å². The molecule has 1 aliphatic rings. The first-order chi connectivity index (χ1) is 24.1. The van der Waals surface area contributed by atoms with Gasteiger partial charge in [-0.25, -0.2) is 4.57 Å². The minimum atomic E-state index is -4.76. The molecule has 0 aliphatic carbocycles. The Balaban J connectivity index is 2.05. The fraction of sp³-hybridized carbons (Fsp3) is 0.900. The highest BCUT2D eigenvalue weighted by atomic mass is 31.2. The molecule has 1 aliphatic heterocycles. The Morgan fingerprint density at radius 3 is 1.78 bits per heavy atom. The quantitative estimate of drug-likeness (QED) is 0.0212. The number of phosphoric ester groups is 1. The van der Waals surface area contributed by atoms with Gasteiger partial charge in [-0.15, -0.1) is 0 Å². The van der Waals surface area contributed by atoms with Crippen molar-refractivity contribution in [2.45, 2.75) is 212 Å². The third kappa shape index (κ3) is 31.5. The van der Waals surface area contributed by atoms with Crippen molar-refractivity contribution in [3.8, 4) is 0 Å². The molecular formula is C40H75O9P. The van der Waals surface area contributed by atoms with Crippen molar-refractivity contribution in [2.75, 3.05) is 13.2 Å². The normalized spacial score (nSPS) is 16.7. The minimum absolute atomic E-state index is 0.194. The van der Waals surface area contributed by atoms with Gasteiger partial charge in [0.15, 0.2) is 6.10 Å². The summed E-state index contributed by atoms with van der Waals surface area (Å²) < 4.78 is 32.1. The Hall–Kier alpha value is -1.25.